The zero-order valence-corrected chi connectivity index (χ0v) is 8.94. The number of nitrogen functional groups attached to an aromatic ring is 1. The van der Waals surface area contributed by atoms with Gasteiger partial charge in [0.15, 0.2) is 0 Å². The number of nitrogens with two attached hydrogens (primary N) is 1. The Morgan fingerprint density at radius 3 is 2.93 bits per heavy atom. The fourth-order valence-electron chi connectivity index (χ4n) is 1.97. The molecule has 1 atom stereocenters. The second-order valence-electron chi connectivity index (χ2n) is 4.27. The molecule has 15 heavy (non-hydrogen) atoms. The molecule has 1 saturated heterocycles. The average molecular weight is 204 g/mol. The number of hydrogen-bond acceptors (Lipinski definition) is 2. The summed E-state index contributed by atoms with van der Waals surface area (Å²) in [5.41, 5.74) is 7.00. The number of nitrogens with zero attached hydrogens (tertiary/aromatic N) is 1. The second kappa shape index (κ2) is 3.93. The molecule has 0 radical (unpaired) electrons. The summed E-state index contributed by atoms with van der Waals surface area (Å²) in [7, 11) is 0. The first-order chi connectivity index (χ1) is 7.16. The van der Waals surface area contributed by atoms with Crippen LogP contribution in [-0.4, -0.2) is 23.9 Å². The number of likely N-dealkylation sites (tertiary alicyclic amines) is 1. The molecule has 0 saturated carbocycles. The Labute approximate surface area is 89.9 Å². The van der Waals surface area contributed by atoms with Crippen LogP contribution in [0.25, 0.3) is 0 Å². The lowest BCUT2D eigenvalue weighted by atomic mass is 10.1. The zero-order chi connectivity index (χ0) is 10.8. The van der Waals surface area contributed by atoms with Crippen LogP contribution in [0.4, 0.5) is 5.69 Å². The van der Waals surface area contributed by atoms with Crippen LogP contribution in [0.1, 0.15) is 23.7 Å². The van der Waals surface area contributed by atoms with E-state index < -0.39 is 0 Å². The van der Waals surface area contributed by atoms with Crippen molar-refractivity contribution in [3.63, 3.8) is 0 Å². The molecule has 80 valence electrons. The van der Waals surface area contributed by atoms with E-state index in [0.717, 1.165) is 19.5 Å². The quantitative estimate of drug-likeness (QED) is 0.708. The summed E-state index contributed by atoms with van der Waals surface area (Å²) in [6.07, 6.45) is 1.11. The van der Waals surface area contributed by atoms with Crippen molar-refractivity contribution in [2.24, 2.45) is 5.92 Å². The number of hydrogen-bond donors (Lipinski definition) is 1. The minimum absolute atomic E-state index is 0.103. The first-order valence-corrected chi connectivity index (χ1v) is 5.31. The number of benzene rings is 1. The van der Waals surface area contributed by atoms with Gasteiger partial charge in [0.2, 0.25) is 0 Å². The van der Waals surface area contributed by atoms with E-state index in [9.17, 15) is 4.79 Å². The lowest BCUT2D eigenvalue weighted by Gasteiger charge is -2.15. The Kier molecular flexibility index (Phi) is 2.62. The molecule has 3 nitrogen and oxygen atoms in total. The number of carbonyl (C=O) groups excluding carboxylic acids is 1. The Balaban J connectivity index is 2.14. The Bertz CT molecular complexity index is 376. The van der Waals surface area contributed by atoms with Gasteiger partial charge < -0.3 is 10.6 Å². The van der Waals surface area contributed by atoms with Crippen molar-refractivity contribution in [3.8, 4) is 0 Å². The van der Waals surface area contributed by atoms with Crippen molar-refractivity contribution in [1.82, 2.24) is 4.90 Å². The van der Waals surface area contributed by atoms with Crippen molar-refractivity contribution < 1.29 is 4.79 Å². The van der Waals surface area contributed by atoms with Crippen LogP contribution in [0.5, 0.6) is 0 Å². The molecule has 1 aliphatic rings. The maximum atomic E-state index is 12.0. The summed E-state index contributed by atoms with van der Waals surface area (Å²) in [5.74, 6) is 0.724. The third kappa shape index (κ3) is 2.12. The highest BCUT2D eigenvalue weighted by atomic mass is 16.2. The molecule has 0 spiro atoms. The van der Waals surface area contributed by atoms with Crippen LogP contribution >= 0.6 is 0 Å². The molecule has 0 bridgehead atoms. The summed E-state index contributed by atoms with van der Waals surface area (Å²) in [6, 6.07) is 7.18. The van der Waals surface area contributed by atoms with E-state index in [1.807, 2.05) is 17.0 Å². The van der Waals surface area contributed by atoms with E-state index in [1.54, 1.807) is 12.1 Å². The summed E-state index contributed by atoms with van der Waals surface area (Å²) < 4.78 is 0. The average Bonchev–Trinajstić information content (AvgIpc) is 2.64. The van der Waals surface area contributed by atoms with Crippen molar-refractivity contribution in [2.75, 3.05) is 18.8 Å². The van der Waals surface area contributed by atoms with Gasteiger partial charge in [0.05, 0.1) is 0 Å². The van der Waals surface area contributed by atoms with Crippen LogP contribution in [0.3, 0.4) is 0 Å². The third-order valence-electron chi connectivity index (χ3n) is 2.84. The van der Waals surface area contributed by atoms with Crippen molar-refractivity contribution in [3.05, 3.63) is 29.8 Å². The fourth-order valence-corrected chi connectivity index (χ4v) is 1.97. The number of anilines is 1. The van der Waals surface area contributed by atoms with Gasteiger partial charge in [-0.25, -0.2) is 0 Å². The summed E-state index contributed by atoms with van der Waals surface area (Å²) in [6.45, 7) is 3.91. The van der Waals surface area contributed by atoms with Crippen LogP contribution in [-0.2, 0) is 0 Å². The van der Waals surface area contributed by atoms with E-state index in [-0.39, 0.29) is 5.91 Å². The molecule has 2 N–H and O–H groups in total. The predicted octanol–water partition coefficient (Wildman–Crippen LogP) is 1.75. The van der Waals surface area contributed by atoms with Crippen LogP contribution in [0.15, 0.2) is 24.3 Å². The zero-order valence-electron chi connectivity index (χ0n) is 8.94. The largest absolute Gasteiger partial charge is 0.399 e. The van der Waals surface area contributed by atoms with Gasteiger partial charge in [-0.3, -0.25) is 4.79 Å². The van der Waals surface area contributed by atoms with E-state index in [4.69, 9.17) is 5.73 Å². The predicted molar refractivity (Wildman–Crippen MR) is 60.5 cm³/mol. The number of rotatable bonds is 1. The fraction of sp³-hybridized carbons (Fsp3) is 0.417. The maximum Gasteiger partial charge on any atom is 0.253 e. The first-order valence-electron chi connectivity index (χ1n) is 5.31. The van der Waals surface area contributed by atoms with E-state index in [1.165, 1.54) is 0 Å². The van der Waals surface area contributed by atoms with Crippen LogP contribution < -0.4 is 5.73 Å². The molecule has 1 aromatic rings. The normalized spacial score (nSPS) is 20.6. The molecular formula is C12H16N2O. The molecule has 1 aliphatic heterocycles. The summed E-state index contributed by atoms with van der Waals surface area (Å²) in [4.78, 5) is 13.9. The number of carbonyl (C=O) groups is 1. The lowest BCUT2D eigenvalue weighted by molar-refractivity contribution is 0.0788. The Hall–Kier alpha value is -1.51. The van der Waals surface area contributed by atoms with Crippen molar-refractivity contribution >= 4 is 11.6 Å². The monoisotopic (exact) mass is 204 g/mol. The van der Waals surface area contributed by atoms with Gasteiger partial charge in [0.1, 0.15) is 0 Å². The molecule has 1 unspecified atom stereocenters. The molecule has 0 aromatic heterocycles. The smallest absolute Gasteiger partial charge is 0.253 e. The van der Waals surface area contributed by atoms with E-state index in [0.29, 0.717) is 17.2 Å². The summed E-state index contributed by atoms with van der Waals surface area (Å²) >= 11 is 0. The minimum atomic E-state index is 0.103. The SMILES string of the molecule is CC1CCN(C(=O)c2cccc(N)c2)C1. The van der Waals surface area contributed by atoms with E-state index in [2.05, 4.69) is 6.92 Å². The molecule has 1 heterocycles. The number of amides is 1. The molecular weight excluding hydrogens is 188 g/mol. The van der Waals surface area contributed by atoms with Crippen molar-refractivity contribution in [1.29, 1.82) is 0 Å². The van der Waals surface area contributed by atoms with Crippen LogP contribution in [0, 0.1) is 5.92 Å². The second-order valence-corrected chi connectivity index (χ2v) is 4.27. The van der Waals surface area contributed by atoms with Gasteiger partial charge in [0, 0.05) is 24.3 Å². The lowest BCUT2D eigenvalue weighted by Crippen LogP contribution is -2.28. The van der Waals surface area contributed by atoms with Crippen LogP contribution in [0.2, 0.25) is 0 Å². The van der Waals surface area contributed by atoms with Gasteiger partial charge in [-0.2, -0.15) is 0 Å². The Morgan fingerprint density at radius 1 is 1.53 bits per heavy atom. The van der Waals surface area contributed by atoms with E-state index >= 15 is 0 Å². The molecule has 2 rings (SSSR count). The Morgan fingerprint density at radius 2 is 2.33 bits per heavy atom. The van der Waals surface area contributed by atoms with Gasteiger partial charge in [-0.15, -0.1) is 0 Å². The topological polar surface area (TPSA) is 46.3 Å². The summed E-state index contributed by atoms with van der Waals surface area (Å²) in [5, 5.41) is 0. The van der Waals surface area contributed by atoms with Gasteiger partial charge in [0.25, 0.3) is 5.91 Å². The highest BCUT2D eigenvalue weighted by molar-refractivity contribution is 5.95. The first kappa shape index (κ1) is 10.0. The molecule has 3 heteroatoms. The maximum absolute atomic E-state index is 12.0. The highest BCUT2D eigenvalue weighted by Gasteiger charge is 2.23. The molecule has 1 amide bonds. The standard InChI is InChI=1S/C12H16N2O/c1-9-5-6-14(8-9)12(15)10-3-2-4-11(13)7-10/h2-4,7,9H,5-6,8,13H2,1H3. The van der Waals surface area contributed by atoms with Gasteiger partial charge in [-0.1, -0.05) is 13.0 Å². The molecule has 0 aliphatic carbocycles. The third-order valence-corrected chi connectivity index (χ3v) is 2.84. The molecule has 1 fully saturated rings. The van der Waals surface area contributed by atoms with Gasteiger partial charge in [-0.05, 0) is 30.5 Å². The highest BCUT2D eigenvalue weighted by Crippen LogP contribution is 2.18. The molecule has 1 aromatic carbocycles. The van der Waals surface area contributed by atoms with Gasteiger partial charge >= 0.3 is 0 Å². The minimum Gasteiger partial charge on any atom is -0.399 e. The van der Waals surface area contributed by atoms with Crippen molar-refractivity contribution in [2.45, 2.75) is 13.3 Å².